The van der Waals surface area contributed by atoms with Gasteiger partial charge in [-0.25, -0.2) is 4.98 Å². The van der Waals surface area contributed by atoms with E-state index in [9.17, 15) is 4.79 Å². The molecule has 0 radical (unpaired) electrons. The van der Waals surface area contributed by atoms with Crippen LogP contribution in [0.4, 0.5) is 0 Å². The van der Waals surface area contributed by atoms with E-state index in [1.165, 1.54) is 0 Å². The molecule has 0 spiro atoms. The molecule has 1 aliphatic heterocycles. The molecule has 1 amide bonds. The van der Waals surface area contributed by atoms with Crippen molar-refractivity contribution in [3.8, 4) is 28.0 Å². The maximum absolute atomic E-state index is 13.1. The summed E-state index contributed by atoms with van der Waals surface area (Å²) in [5.41, 5.74) is 1.94. The fraction of sp³-hybridized carbons (Fsp3) is 0.308. The average molecular weight is 494 g/mol. The largest absolute Gasteiger partial charge is 0.493 e. The number of ether oxygens (including phenoxy) is 3. The highest BCUT2D eigenvalue weighted by Crippen LogP contribution is 2.40. The third kappa shape index (κ3) is 4.56. The molecular weight excluding hydrogens is 466 g/mol. The summed E-state index contributed by atoms with van der Waals surface area (Å²) in [4.78, 5) is 21.8. The second-order valence-corrected chi connectivity index (χ2v) is 9.24. The predicted molar refractivity (Wildman–Crippen MR) is 135 cm³/mol. The molecular formula is C26H27N3O5S. The van der Waals surface area contributed by atoms with Crippen molar-refractivity contribution < 1.29 is 23.4 Å². The van der Waals surface area contributed by atoms with E-state index >= 15 is 0 Å². The molecule has 1 aliphatic rings. The van der Waals surface area contributed by atoms with Gasteiger partial charge < -0.3 is 23.5 Å². The number of benzene rings is 2. The first-order valence-corrected chi connectivity index (χ1v) is 12.2. The van der Waals surface area contributed by atoms with Gasteiger partial charge in [-0.1, -0.05) is 18.2 Å². The smallest absolute Gasteiger partial charge is 0.289 e. The summed E-state index contributed by atoms with van der Waals surface area (Å²) in [6.07, 6.45) is 0. The van der Waals surface area contributed by atoms with E-state index in [4.69, 9.17) is 18.6 Å². The van der Waals surface area contributed by atoms with Crippen molar-refractivity contribution >= 4 is 27.5 Å². The minimum Gasteiger partial charge on any atom is -0.493 e. The first kappa shape index (κ1) is 23.2. The Hall–Kier alpha value is -3.56. The Labute approximate surface area is 207 Å². The number of piperazine rings is 1. The Morgan fingerprint density at radius 2 is 1.71 bits per heavy atom. The second-order valence-electron chi connectivity index (χ2n) is 8.21. The van der Waals surface area contributed by atoms with Gasteiger partial charge in [0.25, 0.3) is 5.91 Å². The molecule has 1 fully saturated rings. The molecule has 0 N–H and O–H groups in total. The first-order chi connectivity index (χ1) is 17.1. The normalized spacial score (nSPS) is 14.3. The molecule has 3 heterocycles. The quantitative estimate of drug-likeness (QED) is 0.374. The lowest BCUT2D eigenvalue weighted by Crippen LogP contribution is -2.48. The maximum Gasteiger partial charge on any atom is 0.289 e. The number of carbonyl (C=O) groups is 1. The van der Waals surface area contributed by atoms with Gasteiger partial charge in [-0.05, 0) is 30.3 Å². The van der Waals surface area contributed by atoms with Crippen LogP contribution in [0, 0.1) is 0 Å². The van der Waals surface area contributed by atoms with Gasteiger partial charge in [-0.15, -0.1) is 11.3 Å². The van der Waals surface area contributed by atoms with E-state index in [2.05, 4.69) is 9.88 Å². The molecule has 1 saturated heterocycles. The van der Waals surface area contributed by atoms with Crippen LogP contribution in [0.1, 0.15) is 16.1 Å². The Morgan fingerprint density at radius 1 is 0.943 bits per heavy atom. The van der Waals surface area contributed by atoms with Crippen molar-refractivity contribution in [2.24, 2.45) is 0 Å². The fourth-order valence-electron chi connectivity index (χ4n) is 4.34. The highest BCUT2D eigenvalue weighted by Gasteiger charge is 2.26. The van der Waals surface area contributed by atoms with Crippen molar-refractivity contribution in [2.75, 3.05) is 47.5 Å². The maximum atomic E-state index is 13.1. The lowest BCUT2D eigenvalue weighted by Gasteiger charge is -2.34. The Bertz CT molecular complexity index is 1310. The van der Waals surface area contributed by atoms with E-state index in [1.807, 2.05) is 47.4 Å². The van der Waals surface area contributed by atoms with Crippen molar-refractivity contribution in [2.45, 2.75) is 6.54 Å². The number of carbonyl (C=O) groups excluding carboxylic acids is 1. The highest BCUT2D eigenvalue weighted by atomic mass is 32.1. The number of amides is 1. The van der Waals surface area contributed by atoms with Gasteiger partial charge >= 0.3 is 0 Å². The number of fused-ring (bicyclic) bond motifs is 1. The van der Waals surface area contributed by atoms with Crippen LogP contribution in [0.5, 0.6) is 17.2 Å². The van der Waals surface area contributed by atoms with Gasteiger partial charge in [0, 0.05) is 38.3 Å². The standard InChI is InChI=1S/C26H27N3O5S/c1-31-19-9-8-17(23(32-2)24(19)33-3)16-28-12-14-29(15-13-28)26(30)21-11-10-20(34-21)25-27-18-6-4-5-7-22(18)35-25/h4-11H,12-16H2,1-3H3. The molecule has 0 atom stereocenters. The lowest BCUT2D eigenvalue weighted by molar-refractivity contribution is 0.0597. The van der Waals surface area contributed by atoms with E-state index in [1.54, 1.807) is 38.7 Å². The molecule has 2 aromatic heterocycles. The van der Waals surface area contributed by atoms with Gasteiger partial charge in [0.05, 0.1) is 31.5 Å². The molecule has 5 rings (SSSR count). The van der Waals surface area contributed by atoms with Crippen LogP contribution in [0.2, 0.25) is 0 Å². The third-order valence-electron chi connectivity index (χ3n) is 6.16. The van der Waals surface area contributed by atoms with E-state index < -0.39 is 0 Å². The number of methoxy groups -OCH3 is 3. The topological polar surface area (TPSA) is 77.3 Å². The van der Waals surface area contributed by atoms with Gasteiger partial charge in [-0.2, -0.15) is 0 Å². The number of nitrogens with zero attached hydrogens (tertiary/aromatic N) is 3. The molecule has 35 heavy (non-hydrogen) atoms. The number of hydrogen-bond acceptors (Lipinski definition) is 8. The molecule has 0 unspecified atom stereocenters. The van der Waals surface area contributed by atoms with Crippen LogP contribution in [0.3, 0.4) is 0 Å². The summed E-state index contributed by atoms with van der Waals surface area (Å²) in [5.74, 6) is 2.75. The van der Waals surface area contributed by atoms with Crippen LogP contribution in [-0.2, 0) is 6.54 Å². The van der Waals surface area contributed by atoms with Crippen molar-refractivity contribution in [1.82, 2.24) is 14.8 Å². The zero-order valence-electron chi connectivity index (χ0n) is 19.9. The van der Waals surface area contributed by atoms with Gasteiger partial charge in [0.15, 0.2) is 28.0 Å². The van der Waals surface area contributed by atoms with Gasteiger partial charge in [0.1, 0.15) is 0 Å². The molecule has 4 aromatic rings. The number of furan rings is 1. The highest BCUT2D eigenvalue weighted by molar-refractivity contribution is 7.21. The predicted octanol–water partition coefficient (Wildman–Crippen LogP) is 4.54. The van der Waals surface area contributed by atoms with Gasteiger partial charge in [0.2, 0.25) is 5.75 Å². The monoisotopic (exact) mass is 493 g/mol. The van der Waals surface area contributed by atoms with Crippen LogP contribution in [0.15, 0.2) is 52.9 Å². The second kappa shape index (κ2) is 9.97. The number of hydrogen-bond donors (Lipinski definition) is 0. The lowest BCUT2D eigenvalue weighted by atomic mass is 10.1. The summed E-state index contributed by atoms with van der Waals surface area (Å²) < 4.78 is 23.5. The minimum atomic E-state index is -0.0966. The summed E-state index contributed by atoms with van der Waals surface area (Å²) in [6.45, 7) is 3.41. The van der Waals surface area contributed by atoms with Crippen molar-refractivity contribution in [3.63, 3.8) is 0 Å². The Morgan fingerprint density at radius 3 is 2.43 bits per heavy atom. The number of para-hydroxylation sites is 1. The fourth-order valence-corrected chi connectivity index (χ4v) is 5.27. The molecule has 2 aromatic carbocycles. The first-order valence-electron chi connectivity index (χ1n) is 11.4. The molecule has 182 valence electrons. The van der Waals surface area contributed by atoms with Crippen LogP contribution < -0.4 is 14.2 Å². The molecule has 0 aliphatic carbocycles. The zero-order valence-corrected chi connectivity index (χ0v) is 20.8. The summed E-state index contributed by atoms with van der Waals surface area (Å²) in [5, 5.41) is 0.777. The van der Waals surface area contributed by atoms with Crippen molar-refractivity contribution in [1.29, 1.82) is 0 Å². The molecule has 8 nitrogen and oxygen atoms in total. The van der Waals surface area contributed by atoms with Gasteiger partial charge in [-0.3, -0.25) is 9.69 Å². The van der Waals surface area contributed by atoms with Crippen LogP contribution in [0.25, 0.3) is 21.0 Å². The summed E-state index contributed by atoms with van der Waals surface area (Å²) in [6, 6.07) is 15.4. The number of aromatic nitrogens is 1. The van der Waals surface area contributed by atoms with E-state index in [0.29, 0.717) is 48.4 Å². The molecule has 0 saturated carbocycles. The van der Waals surface area contributed by atoms with Crippen LogP contribution >= 0.6 is 11.3 Å². The van der Waals surface area contributed by atoms with Crippen molar-refractivity contribution in [3.05, 3.63) is 59.9 Å². The number of thiazole rings is 1. The van der Waals surface area contributed by atoms with E-state index in [-0.39, 0.29) is 5.91 Å². The van der Waals surface area contributed by atoms with E-state index in [0.717, 1.165) is 33.9 Å². The summed E-state index contributed by atoms with van der Waals surface area (Å²) in [7, 11) is 4.84. The Kier molecular flexibility index (Phi) is 6.61. The SMILES string of the molecule is COc1ccc(CN2CCN(C(=O)c3ccc(-c4nc5ccccc5s4)o3)CC2)c(OC)c1OC. The average Bonchev–Trinajstić information content (AvgIpc) is 3.56. The summed E-state index contributed by atoms with van der Waals surface area (Å²) >= 11 is 1.56. The molecule has 0 bridgehead atoms. The number of rotatable bonds is 7. The minimum absolute atomic E-state index is 0.0966. The Balaban J connectivity index is 1.23. The molecule has 9 heteroatoms. The van der Waals surface area contributed by atoms with Crippen LogP contribution in [-0.4, -0.2) is 68.2 Å². The third-order valence-corrected chi connectivity index (χ3v) is 7.21. The zero-order chi connectivity index (χ0) is 24.4.